The maximum Gasteiger partial charge on any atom is 0.314 e. The molecule has 2 heterocycles. The number of carbonyl (C=O) groups is 1. The van der Waals surface area contributed by atoms with Crippen molar-refractivity contribution in [2.24, 2.45) is 0 Å². The molecule has 1 saturated heterocycles. The second kappa shape index (κ2) is 9.49. The van der Waals surface area contributed by atoms with E-state index < -0.39 is 0 Å². The van der Waals surface area contributed by atoms with Crippen LogP contribution < -0.4 is 15.5 Å². The third kappa shape index (κ3) is 5.07. The molecule has 2 aliphatic heterocycles. The summed E-state index contributed by atoms with van der Waals surface area (Å²) in [5.41, 5.74) is 5.15. The highest BCUT2D eigenvalue weighted by Gasteiger charge is 2.40. The number of hydrogen-bond acceptors (Lipinski definition) is 3. The molecule has 0 bridgehead atoms. The van der Waals surface area contributed by atoms with E-state index in [1.54, 1.807) is 19.2 Å². The largest absolute Gasteiger partial charge is 0.363 e. The predicted octanol–water partition coefficient (Wildman–Crippen LogP) is 4.10. The number of rotatable bonds is 6. The van der Waals surface area contributed by atoms with Crippen LogP contribution in [0.2, 0.25) is 0 Å². The van der Waals surface area contributed by atoms with E-state index in [4.69, 9.17) is 0 Å². The van der Waals surface area contributed by atoms with Crippen LogP contribution in [0.25, 0.3) is 0 Å². The number of nitrogens with zero attached hydrogens (tertiary/aromatic N) is 2. The fourth-order valence-corrected chi connectivity index (χ4v) is 5.27. The lowest BCUT2D eigenvalue weighted by atomic mass is 9.95. The Morgan fingerprint density at radius 3 is 2.47 bits per heavy atom. The van der Waals surface area contributed by atoms with E-state index in [1.807, 2.05) is 12.1 Å². The summed E-state index contributed by atoms with van der Waals surface area (Å²) in [4.78, 5) is 16.7. The van der Waals surface area contributed by atoms with Crippen molar-refractivity contribution in [3.05, 3.63) is 65.0 Å². The molecule has 0 saturated carbocycles. The van der Waals surface area contributed by atoms with Gasteiger partial charge in [-0.05, 0) is 74.4 Å². The SMILES string of the molecule is CNC(=O)NCc1ccc2c(c1)N(C1CCN(CCc3ccc(F)cc3)CC1)C(C)(C)C2. The Hall–Kier alpha value is -2.60. The Morgan fingerprint density at radius 2 is 1.78 bits per heavy atom. The summed E-state index contributed by atoms with van der Waals surface area (Å²) in [5.74, 6) is -0.171. The Balaban J connectivity index is 1.38. The van der Waals surface area contributed by atoms with Crippen LogP contribution in [-0.2, 0) is 19.4 Å². The van der Waals surface area contributed by atoms with Gasteiger partial charge in [0.1, 0.15) is 5.82 Å². The van der Waals surface area contributed by atoms with Crippen LogP contribution in [0.15, 0.2) is 42.5 Å². The average Bonchev–Trinajstić information content (AvgIpc) is 3.06. The van der Waals surface area contributed by atoms with E-state index in [-0.39, 0.29) is 17.4 Å². The molecule has 1 fully saturated rings. The van der Waals surface area contributed by atoms with Gasteiger partial charge in [-0.2, -0.15) is 0 Å². The van der Waals surface area contributed by atoms with Gasteiger partial charge in [-0.3, -0.25) is 0 Å². The molecule has 0 spiro atoms. The van der Waals surface area contributed by atoms with Gasteiger partial charge >= 0.3 is 6.03 Å². The lowest BCUT2D eigenvalue weighted by Crippen LogP contribution is -2.52. The Labute approximate surface area is 191 Å². The van der Waals surface area contributed by atoms with Crippen molar-refractivity contribution in [2.45, 2.75) is 57.7 Å². The third-order valence-electron chi connectivity index (χ3n) is 6.92. The van der Waals surface area contributed by atoms with E-state index >= 15 is 0 Å². The number of anilines is 1. The summed E-state index contributed by atoms with van der Waals surface area (Å²) in [6.07, 6.45) is 4.31. The zero-order chi connectivity index (χ0) is 22.7. The number of likely N-dealkylation sites (tertiary alicyclic amines) is 1. The molecule has 0 atom stereocenters. The number of carbonyl (C=O) groups excluding carboxylic acids is 1. The zero-order valence-electron chi connectivity index (χ0n) is 19.5. The van der Waals surface area contributed by atoms with E-state index in [2.05, 4.69) is 52.5 Å². The van der Waals surface area contributed by atoms with E-state index in [0.717, 1.165) is 50.9 Å². The maximum atomic E-state index is 13.1. The van der Waals surface area contributed by atoms with Crippen molar-refractivity contribution in [2.75, 3.05) is 31.6 Å². The van der Waals surface area contributed by atoms with E-state index in [9.17, 15) is 9.18 Å². The van der Waals surface area contributed by atoms with Gasteiger partial charge in [0.15, 0.2) is 0 Å². The Morgan fingerprint density at radius 1 is 1.09 bits per heavy atom. The first-order valence-corrected chi connectivity index (χ1v) is 11.7. The molecule has 2 aliphatic rings. The van der Waals surface area contributed by atoms with E-state index in [0.29, 0.717) is 12.6 Å². The van der Waals surface area contributed by atoms with Crippen LogP contribution in [-0.4, -0.2) is 49.2 Å². The highest BCUT2D eigenvalue weighted by Crippen LogP contribution is 2.42. The molecule has 0 unspecified atom stereocenters. The molecule has 5 nitrogen and oxygen atoms in total. The number of hydrogen-bond donors (Lipinski definition) is 2. The van der Waals surface area contributed by atoms with Crippen LogP contribution in [0, 0.1) is 5.82 Å². The minimum atomic E-state index is -0.171. The zero-order valence-corrected chi connectivity index (χ0v) is 19.5. The molecule has 0 radical (unpaired) electrons. The number of piperidine rings is 1. The summed E-state index contributed by atoms with van der Waals surface area (Å²) in [5, 5.41) is 5.50. The van der Waals surface area contributed by atoms with Crippen molar-refractivity contribution in [3.63, 3.8) is 0 Å². The quantitative estimate of drug-likeness (QED) is 0.714. The van der Waals surface area contributed by atoms with Gasteiger partial charge < -0.3 is 20.4 Å². The molecular weight excluding hydrogens is 403 g/mol. The van der Waals surface area contributed by atoms with Crippen molar-refractivity contribution in [1.82, 2.24) is 15.5 Å². The van der Waals surface area contributed by atoms with Gasteiger partial charge in [-0.1, -0.05) is 24.3 Å². The van der Waals surface area contributed by atoms with Crippen LogP contribution >= 0.6 is 0 Å². The molecule has 6 heteroatoms. The smallest absolute Gasteiger partial charge is 0.314 e. The molecule has 2 aromatic rings. The first kappa shape index (κ1) is 22.6. The van der Waals surface area contributed by atoms with Crippen molar-refractivity contribution >= 4 is 11.7 Å². The highest BCUT2D eigenvalue weighted by molar-refractivity contribution is 5.73. The van der Waals surface area contributed by atoms with Crippen LogP contribution in [0.5, 0.6) is 0 Å². The van der Waals surface area contributed by atoms with Gasteiger partial charge in [0.05, 0.1) is 0 Å². The van der Waals surface area contributed by atoms with Gasteiger partial charge in [0.2, 0.25) is 0 Å². The van der Waals surface area contributed by atoms with Crippen molar-refractivity contribution in [3.8, 4) is 0 Å². The summed E-state index contributed by atoms with van der Waals surface area (Å²) in [6, 6.07) is 13.9. The first-order chi connectivity index (χ1) is 15.4. The summed E-state index contributed by atoms with van der Waals surface area (Å²) in [6.45, 7) is 8.42. The van der Waals surface area contributed by atoms with Gasteiger partial charge in [-0.15, -0.1) is 0 Å². The number of benzene rings is 2. The first-order valence-electron chi connectivity index (χ1n) is 11.7. The average molecular weight is 439 g/mol. The van der Waals surface area contributed by atoms with E-state index in [1.165, 1.54) is 16.8 Å². The molecule has 0 aromatic heterocycles. The van der Waals surface area contributed by atoms with Gasteiger partial charge in [0.25, 0.3) is 0 Å². The molecule has 2 amide bonds. The van der Waals surface area contributed by atoms with Crippen molar-refractivity contribution < 1.29 is 9.18 Å². The number of amides is 2. The Kier molecular flexibility index (Phi) is 6.70. The molecule has 4 rings (SSSR count). The second-order valence-corrected chi connectivity index (χ2v) is 9.70. The molecule has 172 valence electrons. The minimum absolute atomic E-state index is 0.0934. The maximum absolute atomic E-state index is 13.1. The normalized spacial score (nSPS) is 18.4. The number of urea groups is 1. The van der Waals surface area contributed by atoms with Crippen LogP contribution in [0.1, 0.15) is 43.4 Å². The molecule has 2 aromatic carbocycles. The lowest BCUT2D eigenvalue weighted by molar-refractivity contribution is 0.202. The Bertz CT molecular complexity index is 935. The molecule has 2 N–H and O–H groups in total. The number of nitrogens with one attached hydrogen (secondary N) is 2. The number of fused-ring (bicyclic) bond motifs is 1. The van der Waals surface area contributed by atoms with Gasteiger partial charge in [-0.25, -0.2) is 9.18 Å². The summed E-state index contributed by atoms with van der Waals surface area (Å²) < 4.78 is 13.1. The highest BCUT2D eigenvalue weighted by atomic mass is 19.1. The predicted molar refractivity (Wildman–Crippen MR) is 128 cm³/mol. The monoisotopic (exact) mass is 438 g/mol. The molecule has 32 heavy (non-hydrogen) atoms. The standard InChI is InChI=1S/C26H35FN4O/c1-26(2)17-21-7-4-20(18-29-25(32)28-3)16-24(21)31(26)23-11-14-30(15-12-23)13-10-19-5-8-22(27)9-6-19/h4-9,16,23H,10-15,17-18H2,1-3H3,(H2,28,29,32). The second-order valence-electron chi connectivity index (χ2n) is 9.70. The third-order valence-corrected chi connectivity index (χ3v) is 6.92. The molecular formula is C26H35FN4O. The number of halogens is 1. The topological polar surface area (TPSA) is 47.6 Å². The summed E-state index contributed by atoms with van der Waals surface area (Å²) in [7, 11) is 1.63. The van der Waals surface area contributed by atoms with Crippen molar-refractivity contribution in [1.29, 1.82) is 0 Å². The minimum Gasteiger partial charge on any atom is -0.363 e. The molecule has 0 aliphatic carbocycles. The fourth-order valence-electron chi connectivity index (χ4n) is 5.27. The van der Waals surface area contributed by atoms with Crippen LogP contribution in [0.3, 0.4) is 0 Å². The lowest BCUT2D eigenvalue weighted by Gasteiger charge is -2.45. The summed E-state index contributed by atoms with van der Waals surface area (Å²) >= 11 is 0. The van der Waals surface area contributed by atoms with Gasteiger partial charge in [0, 0.05) is 50.5 Å². The van der Waals surface area contributed by atoms with Crippen LogP contribution in [0.4, 0.5) is 14.9 Å². The fraction of sp³-hybridized carbons (Fsp3) is 0.500.